The van der Waals surface area contributed by atoms with Crippen LogP contribution in [0, 0.1) is 0 Å². The lowest BCUT2D eigenvalue weighted by atomic mass is 10.2. The van der Waals surface area contributed by atoms with Crippen molar-refractivity contribution in [2.75, 3.05) is 11.9 Å². The molecule has 0 saturated heterocycles. The first kappa shape index (κ1) is 17.2. The minimum absolute atomic E-state index is 0.198. The summed E-state index contributed by atoms with van der Waals surface area (Å²) >= 11 is 3.19. The number of halogens is 1. The SMILES string of the molecule is CC(C)(C)OC(=O)N(CCBr)C(=O)OC(C)(C)C. The number of ether oxygens (including phenoxy) is 2. The van der Waals surface area contributed by atoms with Crippen molar-refractivity contribution < 1.29 is 19.1 Å². The molecule has 0 aliphatic carbocycles. The highest BCUT2D eigenvalue weighted by Gasteiger charge is 2.30. The summed E-state index contributed by atoms with van der Waals surface area (Å²) < 4.78 is 10.3. The topological polar surface area (TPSA) is 55.8 Å². The first-order valence-electron chi connectivity index (χ1n) is 5.76. The molecule has 0 aromatic carbocycles. The van der Waals surface area contributed by atoms with Gasteiger partial charge >= 0.3 is 12.2 Å². The largest absolute Gasteiger partial charge is 0.443 e. The fraction of sp³-hybridized carbons (Fsp3) is 0.833. The third-order valence-corrected chi connectivity index (χ3v) is 1.89. The van der Waals surface area contributed by atoms with Crippen LogP contribution in [0.25, 0.3) is 0 Å². The molecule has 106 valence electrons. The van der Waals surface area contributed by atoms with E-state index in [2.05, 4.69) is 15.9 Å². The molecule has 0 unspecified atom stereocenters. The number of hydrogen-bond donors (Lipinski definition) is 0. The highest BCUT2D eigenvalue weighted by Crippen LogP contribution is 2.14. The number of hydrogen-bond acceptors (Lipinski definition) is 4. The molecule has 0 radical (unpaired) electrons. The van der Waals surface area contributed by atoms with Crippen molar-refractivity contribution in [1.29, 1.82) is 0 Å². The van der Waals surface area contributed by atoms with Crippen molar-refractivity contribution >= 4 is 28.1 Å². The number of imide groups is 1. The van der Waals surface area contributed by atoms with E-state index in [1.54, 1.807) is 41.5 Å². The average molecular weight is 324 g/mol. The highest BCUT2D eigenvalue weighted by molar-refractivity contribution is 9.09. The summed E-state index contributed by atoms with van der Waals surface area (Å²) in [6.45, 7) is 10.7. The number of carbonyl (C=O) groups is 2. The highest BCUT2D eigenvalue weighted by atomic mass is 79.9. The van der Waals surface area contributed by atoms with Gasteiger partial charge in [-0.25, -0.2) is 14.5 Å². The Morgan fingerprint density at radius 1 is 0.944 bits per heavy atom. The Kier molecular flexibility index (Phi) is 6.13. The molecule has 2 amide bonds. The smallest absolute Gasteiger partial charge is 0.419 e. The molecule has 0 fully saturated rings. The van der Waals surface area contributed by atoms with E-state index in [1.165, 1.54) is 0 Å². The number of nitrogens with zero attached hydrogens (tertiary/aromatic N) is 1. The van der Waals surface area contributed by atoms with Gasteiger partial charge in [0.15, 0.2) is 0 Å². The zero-order valence-electron chi connectivity index (χ0n) is 11.9. The fourth-order valence-electron chi connectivity index (χ4n) is 0.976. The predicted molar refractivity (Wildman–Crippen MR) is 73.0 cm³/mol. The van der Waals surface area contributed by atoms with E-state index in [1.807, 2.05) is 0 Å². The van der Waals surface area contributed by atoms with Gasteiger partial charge < -0.3 is 9.47 Å². The van der Waals surface area contributed by atoms with Crippen LogP contribution >= 0.6 is 15.9 Å². The van der Waals surface area contributed by atoms with E-state index in [9.17, 15) is 9.59 Å². The third-order valence-electron chi connectivity index (χ3n) is 1.54. The predicted octanol–water partition coefficient (Wildman–Crippen LogP) is 3.55. The lowest BCUT2D eigenvalue weighted by molar-refractivity contribution is 0.00280. The maximum atomic E-state index is 11.9. The molecule has 0 heterocycles. The lowest BCUT2D eigenvalue weighted by Gasteiger charge is -2.28. The van der Waals surface area contributed by atoms with Crippen LogP contribution in [0.1, 0.15) is 41.5 Å². The maximum absolute atomic E-state index is 11.9. The Hall–Kier alpha value is -0.780. The second-order valence-corrected chi connectivity index (χ2v) is 6.59. The number of amides is 2. The zero-order valence-corrected chi connectivity index (χ0v) is 13.5. The maximum Gasteiger partial charge on any atom is 0.419 e. The Balaban J connectivity index is 4.75. The van der Waals surface area contributed by atoms with Gasteiger partial charge in [-0.3, -0.25) is 0 Å². The average Bonchev–Trinajstić information content (AvgIpc) is 2.07. The Labute approximate surface area is 117 Å². The number of alkyl halides is 1. The molecular formula is C12H22BrNO4. The first-order valence-corrected chi connectivity index (χ1v) is 6.88. The summed E-state index contributed by atoms with van der Waals surface area (Å²) in [6, 6.07) is 0. The molecule has 0 spiro atoms. The van der Waals surface area contributed by atoms with Crippen LogP contribution in [0.15, 0.2) is 0 Å². The quantitative estimate of drug-likeness (QED) is 0.729. The van der Waals surface area contributed by atoms with Gasteiger partial charge in [0.1, 0.15) is 11.2 Å². The van der Waals surface area contributed by atoms with Gasteiger partial charge in [0, 0.05) is 11.9 Å². The van der Waals surface area contributed by atoms with E-state index >= 15 is 0 Å². The summed E-state index contributed by atoms with van der Waals surface area (Å²) in [5.74, 6) is 0. The van der Waals surface area contributed by atoms with Crippen molar-refractivity contribution in [3.8, 4) is 0 Å². The summed E-state index contributed by atoms with van der Waals surface area (Å²) in [4.78, 5) is 24.7. The second kappa shape index (κ2) is 6.41. The standard InChI is InChI=1S/C12H22BrNO4/c1-11(2,3)17-9(15)14(8-7-13)10(16)18-12(4,5)6/h7-8H2,1-6H3. The van der Waals surface area contributed by atoms with E-state index in [0.29, 0.717) is 5.33 Å². The van der Waals surface area contributed by atoms with Crippen molar-refractivity contribution in [2.24, 2.45) is 0 Å². The first-order chi connectivity index (χ1) is 7.96. The van der Waals surface area contributed by atoms with Gasteiger partial charge in [-0.1, -0.05) is 15.9 Å². The van der Waals surface area contributed by atoms with E-state index in [4.69, 9.17) is 9.47 Å². The van der Waals surface area contributed by atoms with Gasteiger partial charge in [0.05, 0.1) is 0 Å². The molecule has 6 heteroatoms. The molecule has 0 aliphatic rings. The summed E-state index contributed by atoms with van der Waals surface area (Å²) in [7, 11) is 0. The van der Waals surface area contributed by atoms with Crippen molar-refractivity contribution in [3.63, 3.8) is 0 Å². The molecule has 0 atom stereocenters. The summed E-state index contributed by atoms with van der Waals surface area (Å²) in [6.07, 6.45) is -1.40. The molecule has 0 aromatic heterocycles. The molecule has 0 aromatic rings. The van der Waals surface area contributed by atoms with Gasteiger partial charge in [0.2, 0.25) is 0 Å². The van der Waals surface area contributed by atoms with Crippen molar-refractivity contribution in [3.05, 3.63) is 0 Å². The Bertz CT molecular complexity index is 276. The molecule has 0 N–H and O–H groups in total. The van der Waals surface area contributed by atoms with Crippen LogP contribution in [-0.2, 0) is 9.47 Å². The van der Waals surface area contributed by atoms with E-state index < -0.39 is 23.4 Å². The minimum Gasteiger partial charge on any atom is -0.443 e. The van der Waals surface area contributed by atoms with Crippen LogP contribution in [0.4, 0.5) is 9.59 Å². The summed E-state index contributed by atoms with van der Waals surface area (Å²) in [5, 5.41) is 0.464. The Morgan fingerprint density at radius 3 is 1.50 bits per heavy atom. The Morgan fingerprint density at radius 2 is 1.28 bits per heavy atom. The van der Waals surface area contributed by atoms with Crippen molar-refractivity contribution in [2.45, 2.75) is 52.7 Å². The summed E-state index contributed by atoms with van der Waals surface area (Å²) in [5.41, 5.74) is -1.30. The molecule has 0 saturated carbocycles. The monoisotopic (exact) mass is 323 g/mol. The van der Waals surface area contributed by atoms with Crippen LogP contribution < -0.4 is 0 Å². The number of rotatable bonds is 2. The van der Waals surface area contributed by atoms with Crippen LogP contribution in [0.3, 0.4) is 0 Å². The van der Waals surface area contributed by atoms with Gasteiger partial charge in [-0.15, -0.1) is 0 Å². The van der Waals surface area contributed by atoms with E-state index in [-0.39, 0.29) is 6.54 Å². The van der Waals surface area contributed by atoms with Crippen LogP contribution in [0.2, 0.25) is 0 Å². The molecule has 0 rings (SSSR count). The second-order valence-electron chi connectivity index (χ2n) is 5.80. The normalized spacial score (nSPS) is 11.9. The molecule has 18 heavy (non-hydrogen) atoms. The van der Waals surface area contributed by atoms with E-state index in [0.717, 1.165) is 4.90 Å². The van der Waals surface area contributed by atoms with Crippen LogP contribution in [-0.4, -0.2) is 40.2 Å². The number of carbonyl (C=O) groups excluding carboxylic acids is 2. The van der Waals surface area contributed by atoms with Crippen molar-refractivity contribution in [1.82, 2.24) is 4.90 Å². The molecule has 0 bridgehead atoms. The molecule has 5 nitrogen and oxygen atoms in total. The minimum atomic E-state index is -0.698. The van der Waals surface area contributed by atoms with Gasteiger partial charge in [-0.2, -0.15) is 0 Å². The molecular weight excluding hydrogens is 302 g/mol. The fourth-order valence-corrected chi connectivity index (χ4v) is 1.33. The zero-order chi connectivity index (χ0) is 14.6. The lowest BCUT2D eigenvalue weighted by Crippen LogP contribution is -2.44. The van der Waals surface area contributed by atoms with Crippen LogP contribution in [0.5, 0.6) is 0 Å². The van der Waals surface area contributed by atoms with Gasteiger partial charge in [-0.05, 0) is 41.5 Å². The third kappa shape index (κ3) is 7.53. The molecule has 0 aliphatic heterocycles. The van der Waals surface area contributed by atoms with Gasteiger partial charge in [0.25, 0.3) is 0 Å².